The van der Waals surface area contributed by atoms with Crippen molar-refractivity contribution in [1.82, 2.24) is 20.3 Å². The van der Waals surface area contributed by atoms with E-state index in [1.165, 1.54) is 5.56 Å². The number of benzene rings is 1. The van der Waals surface area contributed by atoms with E-state index in [-0.39, 0.29) is 0 Å². The molecule has 114 valence electrons. The minimum atomic E-state index is 0.569. The highest BCUT2D eigenvalue weighted by Crippen LogP contribution is 2.12. The van der Waals surface area contributed by atoms with E-state index in [1.54, 1.807) is 11.8 Å². The van der Waals surface area contributed by atoms with Crippen LogP contribution in [0.4, 0.5) is 0 Å². The Hall–Kier alpha value is -1.92. The van der Waals surface area contributed by atoms with Crippen LogP contribution in [0.2, 0.25) is 0 Å². The van der Waals surface area contributed by atoms with Crippen LogP contribution >= 0.6 is 0 Å². The number of methoxy groups -OCH3 is 1. The lowest BCUT2D eigenvalue weighted by atomic mass is 10.1. The Morgan fingerprint density at radius 2 is 2.00 bits per heavy atom. The molecule has 2 aromatic rings. The summed E-state index contributed by atoms with van der Waals surface area (Å²) in [5, 5.41) is 11.1. The van der Waals surface area contributed by atoms with Crippen molar-refractivity contribution in [3.63, 3.8) is 0 Å². The quantitative estimate of drug-likeness (QED) is 0.753. The fourth-order valence-corrected chi connectivity index (χ4v) is 1.94. The summed E-state index contributed by atoms with van der Waals surface area (Å²) >= 11 is 0. The number of hydrogen-bond donors (Lipinski definition) is 1. The molecule has 1 aromatic heterocycles. The molecule has 0 unspecified atom stereocenters. The predicted molar refractivity (Wildman–Crippen MR) is 80.3 cm³/mol. The van der Waals surface area contributed by atoms with Crippen molar-refractivity contribution in [2.24, 2.45) is 0 Å². The van der Waals surface area contributed by atoms with E-state index < -0.39 is 0 Å². The van der Waals surface area contributed by atoms with Crippen LogP contribution in [0.1, 0.15) is 11.3 Å². The van der Waals surface area contributed by atoms with Crippen molar-refractivity contribution in [2.75, 3.05) is 27.4 Å². The molecule has 0 amide bonds. The summed E-state index contributed by atoms with van der Waals surface area (Å²) < 4.78 is 12.6. The highest BCUT2D eigenvalue weighted by Gasteiger charge is 2.00. The third-order valence-electron chi connectivity index (χ3n) is 3.05. The van der Waals surface area contributed by atoms with Crippen LogP contribution in [0, 0.1) is 0 Å². The van der Waals surface area contributed by atoms with E-state index in [0.29, 0.717) is 13.2 Å². The summed E-state index contributed by atoms with van der Waals surface area (Å²) in [6.45, 7) is 2.72. The monoisotopic (exact) mass is 290 g/mol. The van der Waals surface area contributed by atoms with Gasteiger partial charge in [0.2, 0.25) is 0 Å². The maximum atomic E-state index is 5.70. The Labute approximate surface area is 125 Å². The van der Waals surface area contributed by atoms with Crippen molar-refractivity contribution in [3.8, 4) is 5.75 Å². The minimum absolute atomic E-state index is 0.569. The first-order valence-electron chi connectivity index (χ1n) is 7.06. The number of hydrogen-bond acceptors (Lipinski definition) is 5. The molecule has 0 aliphatic heterocycles. The van der Waals surface area contributed by atoms with Gasteiger partial charge in [-0.05, 0) is 31.2 Å². The molecule has 0 aliphatic carbocycles. The zero-order chi connectivity index (χ0) is 14.9. The van der Waals surface area contributed by atoms with Crippen LogP contribution in [-0.4, -0.2) is 42.4 Å². The molecule has 21 heavy (non-hydrogen) atoms. The van der Waals surface area contributed by atoms with Gasteiger partial charge in [-0.25, -0.2) is 4.68 Å². The molecular weight excluding hydrogens is 268 g/mol. The van der Waals surface area contributed by atoms with Gasteiger partial charge in [0.15, 0.2) is 0 Å². The van der Waals surface area contributed by atoms with Gasteiger partial charge in [-0.1, -0.05) is 17.3 Å². The van der Waals surface area contributed by atoms with E-state index in [0.717, 1.165) is 31.0 Å². The van der Waals surface area contributed by atoms with Crippen LogP contribution in [-0.2, 0) is 24.2 Å². The standard InChI is InChI=1S/C15H22N4O2/c1-16-11-14-12-19(18-17-14)8-10-21-15-5-3-13(4-6-15)7-9-20-2/h3-6,12,16H,7-11H2,1-2H3. The molecule has 0 bridgehead atoms. The third-order valence-corrected chi connectivity index (χ3v) is 3.05. The molecule has 0 fully saturated rings. The third kappa shape index (κ3) is 5.17. The topological polar surface area (TPSA) is 61.2 Å². The number of nitrogens with one attached hydrogen (secondary N) is 1. The molecule has 0 radical (unpaired) electrons. The predicted octanol–water partition coefficient (Wildman–Crippen LogP) is 1.27. The Bertz CT molecular complexity index is 525. The smallest absolute Gasteiger partial charge is 0.119 e. The molecule has 0 aliphatic rings. The first kappa shape index (κ1) is 15.5. The van der Waals surface area contributed by atoms with Gasteiger partial charge in [-0.2, -0.15) is 0 Å². The average Bonchev–Trinajstić information content (AvgIpc) is 2.94. The highest BCUT2D eigenvalue weighted by molar-refractivity contribution is 5.27. The zero-order valence-corrected chi connectivity index (χ0v) is 12.6. The molecule has 0 saturated heterocycles. The maximum absolute atomic E-state index is 5.70. The van der Waals surface area contributed by atoms with Crippen molar-refractivity contribution >= 4 is 0 Å². The average molecular weight is 290 g/mol. The molecule has 1 heterocycles. The SMILES string of the molecule is CNCc1cn(CCOc2ccc(CCOC)cc2)nn1. The molecule has 0 spiro atoms. The lowest BCUT2D eigenvalue weighted by Crippen LogP contribution is -2.09. The number of nitrogens with zero attached hydrogens (tertiary/aromatic N) is 3. The van der Waals surface area contributed by atoms with Gasteiger partial charge >= 0.3 is 0 Å². The largest absolute Gasteiger partial charge is 0.492 e. The van der Waals surface area contributed by atoms with Gasteiger partial charge < -0.3 is 14.8 Å². The molecule has 6 nitrogen and oxygen atoms in total. The summed E-state index contributed by atoms with van der Waals surface area (Å²) in [5.41, 5.74) is 2.18. The second kappa shape index (κ2) is 8.39. The molecule has 1 aromatic carbocycles. The second-order valence-corrected chi connectivity index (χ2v) is 4.74. The van der Waals surface area contributed by atoms with Crippen molar-refractivity contribution in [1.29, 1.82) is 0 Å². The van der Waals surface area contributed by atoms with Crippen LogP contribution in [0.5, 0.6) is 5.75 Å². The number of aromatic nitrogens is 3. The lowest BCUT2D eigenvalue weighted by Gasteiger charge is -2.07. The molecule has 0 atom stereocenters. The van der Waals surface area contributed by atoms with E-state index in [9.17, 15) is 0 Å². The first-order chi connectivity index (χ1) is 10.3. The summed E-state index contributed by atoms with van der Waals surface area (Å²) in [6.07, 6.45) is 2.84. The number of ether oxygens (including phenoxy) is 2. The van der Waals surface area contributed by atoms with Crippen LogP contribution in [0.15, 0.2) is 30.5 Å². The van der Waals surface area contributed by atoms with Gasteiger partial charge in [0.25, 0.3) is 0 Å². The Morgan fingerprint density at radius 1 is 1.19 bits per heavy atom. The van der Waals surface area contributed by atoms with Crippen LogP contribution in [0.3, 0.4) is 0 Å². The van der Waals surface area contributed by atoms with Gasteiger partial charge in [0.1, 0.15) is 12.4 Å². The maximum Gasteiger partial charge on any atom is 0.119 e. The molecule has 2 rings (SSSR count). The van der Waals surface area contributed by atoms with Gasteiger partial charge in [-0.15, -0.1) is 5.10 Å². The second-order valence-electron chi connectivity index (χ2n) is 4.74. The summed E-state index contributed by atoms with van der Waals surface area (Å²) in [7, 11) is 3.60. The highest BCUT2D eigenvalue weighted by atomic mass is 16.5. The normalized spacial score (nSPS) is 10.8. The summed E-state index contributed by atoms with van der Waals surface area (Å²) in [6, 6.07) is 8.10. The first-order valence-corrected chi connectivity index (χ1v) is 7.06. The fraction of sp³-hybridized carbons (Fsp3) is 0.467. The lowest BCUT2D eigenvalue weighted by molar-refractivity contribution is 0.202. The van der Waals surface area contributed by atoms with Crippen LogP contribution < -0.4 is 10.1 Å². The Kier molecular flexibility index (Phi) is 6.18. The summed E-state index contributed by atoms with van der Waals surface area (Å²) in [4.78, 5) is 0. The van der Waals surface area contributed by atoms with E-state index >= 15 is 0 Å². The van der Waals surface area contributed by atoms with Crippen molar-refractivity contribution < 1.29 is 9.47 Å². The Balaban J connectivity index is 1.74. The van der Waals surface area contributed by atoms with Crippen LogP contribution in [0.25, 0.3) is 0 Å². The molecule has 0 saturated carbocycles. The fourth-order valence-electron chi connectivity index (χ4n) is 1.94. The van der Waals surface area contributed by atoms with Crippen molar-refractivity contribution in [3.05, 3.63) is 41.7 Å². The summed E-state index contributed by atoms with van der Waals surface area (Å²) in [5.74, 6) is 0.867. The minimum Gasteiger partial charge on any atom is -0.492 e. The van der Waals surface area contributed by atoms with E-state index in [2.05, 4.69) is 27.8 Å². The van der Waals surface area contributed by atoms with E-state index in [1.807, 2.05) is 25.4 Å². The van der Waals surface area contributed by atoms with Gasteiger partial charge in [-0.3, -0.25) is 0 Å². The molecule has 6 heteroatoms. The molecular formula is C15H22N4O2. The van der Waals surface area contributed by atoms with Crippen molar-refractivity contribution in [2.45, 2.75) is 19.5 Å². The molecule has 1 N–H and O–H groups in total. The number of rotatable bonds is 9. The van der Waals surface area contributed by atoms with Gasteiger partial charge in [0.05, 0.1) is 18.8 Å². The van der Waals surface area contributed by atoms with Gasteiger partial charge in [0, 0.05) is 19.9 Å². The zero-order valence-electron chi connectivity index (χ0n) is 12.6. The van der Waals surface area contributed by atoms with E-state index in [4.69, 9.17) is 9.47 Å². The Morgan fingerprint density at radius 3 is 2.71 bits per heavy atom.